The van der Waals surface area contributed by atoms with Crippen LogP contribution >= 0.6 is 0 Å². The van der Waals surface area contributed by atoms with E-state index in [4.69, 9.17) is 0 Å². The second-order valence-corrected chi connectivity index (χ2v) is 5.80. The third kappa shape index (κ3) is 3.14. The van der Waals surface area contributed by atoms with E-state index in [2.05, 4.69) is 66.7 Å². The summed E-state index contributed by atoms with van der Waals surface area (Å²) in [4.78, 5) is 0. The molecule has 0 N–H and O–H groups in total. The van der Waals surface area contributed by atoms with Crippen molar-refractivity contribution >= 4 is 0 Å². The summed E-state index contributed by atoms with van der Waals surface area (Å²) in [6.07, 6.45) is 1.06. The Kier molecular flexibility index (Phi) is 5.15. The Hall–Kier alpha value is -2.34. The van der Waals surface area contributed by atoms with Gasteiger partial charge >= 0.3 is 17.1 Å². The van der Waals surface area contributed by atoms with Crippen LogP contribution in [0.3, 0.4) is 0 Å². The molecule has 4 aromatic rings. The summed E-state index contributed by atoms with van der Waals surface area (Å²) in [6, 6.07) is 34.0. The molecule has 5 rings (SSSR count). The minimum Gasteiger partial charge on any atom is -0.214 e. The predicted octanol–water partition coefficient (Wildman–Crippen LogP) is 6.05. The summed E-state index contributed by atoms with van der Waals surface area (Å²) >= 11 is 0. The Morgan fingerprint density at radius 2 is 1.42 bits per heavy atom. The summed E-state index contributed by atoms with van der Waals surface area (Å²) in [5, 5.41) is 0. The maximum absolute atomic E-state index is 2.24. The molecule has 0 heterocycles. The maximum atomic E-state index is 2.24. The van der Waals surface area contributed by atoms with Crippen molar-refractivity contribution in [3.8, 4) is 22.3 Å². The van der Waals surface area contributed by atoms with Gasteiger partial charge in [-0.25, -0.2) is 12.1 Å². The van der Waals surface area contributed by atoms with Crippen molar-refractivity contribution in [1.29, 1.82) is 0 Å². The molecule has 1 aliphatic carbocycles. The molecule has 0 saturated heterocycles. The molecule has 4 aromatic carbocycles. The van der Waals surface area contributed by atoms with Crippen molar-refractivity contribution in [2.75, 3.05) is 0 Å². The van der Waals surface area contributed by atoms with Crippen LogP contribution in [0.15, 0.2) is 97.1 Å². The van der Waals surface area contributed by atoms with Gasteiger partial charge < -0.3 is 0 Å². The Labute approximate surface area is 154 Å². The molecule has 0 aliphatic heterocycles. The zero-order valence-electron chi connectivity index (χ0n) is 13.3. The normalized spacial score (nSPS) is 10.8. The molecule has 24 heavy (non-hydrogen) atoms. The largest absolute Gasteiger partial charge is 2.00 e. The second-order valence-electron chi connectivity index (χ2n) is 5.80. The van der Waals surface area contributed by atoms with E-state index in [-0.39, 0.29) is 17.1 Å². The van der Waals surface area contributed by atoms with Gasteiger partial charge in [-0.3, -0.25) is 0 Å². The molecule has 0 spiro atoms. The maximum Gasteiger partial charge on any atom is 2.00 e. The quantitative estimate of drug-likeness (QED) is 0.255. The predicted molar refractivity (Wildman–Crippen MR) is 97.7 cm³/mol. The van der Waals surface area contributed by atoms with Gasteiger partial charge in [0.05, 0.1) is 0 Å². The third-order valence-corrected chi connectivity index (χ3v) is 4.38. The molecule has 1 aliphatic rings. The van der Waals surface area contributed by atoms with Gasteiger partial charge in [-0.15, -0.1) is 23.8 Å². The molecule has 0 saturated carbocycles. The van der Waals surface area contributed by atoms with E-state index in [1.54, 1.807) is 0 Å². The van der Waals surface area contributed by atoms with Gasteiger partial charge in [-0.1, -0.05) is 47.5 Å². The van der Waals surface area contributed by atoms with E-state index in [1.165, 1.54) is 33.4 Å². The Bertz CT molecular complexity index is 866. The van der Waals surface area contributed by atoms with Crippen LogP contribution in [0.2, 0.25) is 0 Å². The topological polar surface area (TPSA) is 0 Å². The first kappa shape index (κ1) is 16.5. The molecule has 0 unspecified atom stereocenters. The molecule has 0 atom stereocenters. The monoisotopic (exact) mass is 350 g/mol. The van der Waals surface area contributed by atoms with Crippen LogP contribution in [0, 0.1) is 0 Å². The molecule has 118 valence electrons. The summed E-state index contributed by atoms with van der Waals surface area (Å²) in [5.41, 5.74) is 8.45. The number of benzene rings is 2. The SMILES string of the molecule is [Fe+2].c1cc[cH-]c1.c1ccc2c(c1)Cc1c-2cccc1-[c-]1cccc1. The first-order valence-electron chi connectivity index (χ1n) is 8.02. The second kappa shape index (κ2) is 7.49. The fourth-order valence-corrected chi connectivity index (χ4v) is 3.30. The van der Waals surface area contributed by atoms with Crippen LogP contribution in [0.5, 0.6) is 0 Å². The molecule has 0 fully saturated rings. The fraction of sp³-hybridized carbons (Fsp3) is 0.0435. The van der Waals surface area contributed by atoms with E-state index in [1.807, 2.05) is 30.3 Å². The van der Waals surface area contributed by atoms with E-state index in [9.17, 15) is 0 Å². The van der Waals surface area contributed by atoms with Crippen LogP contribution in [0.4, 0.5) is 0 Å². The standard InChI is InChI=1S/C18H13.C5H5.Fe/c1-2-7-13(6-1)15-10-5-11-17-16-9-4-3-8-14(16)12-18(15)17;1-2-4-5-3-1;/h1-11H,12H2;1-5H;/q2*-1;+2. The summed E-state index contributed by atoms with van der Waals surface area (Å²) in [7, 11) is 0. The molecule has 0 nitrogen and oxygen atoms in total. The van der Waals surface area contributed by atoms with E-state index < -0.39 is 0 Å². The number of fused-ring (bicyclic) bond motifs is 3. The van der Waals surface area contributed by atoms with Gasteiger partial charge in [-0.05, 0) is 23.1 Å². The summed E-state index contributed by atoms with van der Waals surface area (Å²) in [6.45, 7) is 0. The molecule has 1 heteroatoms. The number of rotatable bonds is 1. The van der Waals surface area contributed by atoms with Gasteiger partial charge in [0.15, 0.2) is 0 Å². The van der Waals surface area contributed by atoms with Gasteiger partial charge in [0, 0.05) is 0 Å². The molecular formula is C23H18Fe. The first-order chi connectivity index (χ1) is 11.4. The van der Waals surface area contributed by atoms with Crippen LogP contribution in [-0.4, -0.2) is 0 Å². The molecule has 0 bridgehead atoms. The average Bonchev–Trinajstić information content (AvgIpc) is 3.35. The van der Waals surface area contributed by atoms with Crippen molar-refractivity contribution in [2.24, 2.45) is 0 Å². The van der Waals surface area contributed by atoms with Crippen molar-refractivity contribution in [2.45, 2.75) is 6.42 Å². The van der Waals surface area contributed by atoms with Crippen molar-refractivity contribution < 1.29 is 17.1 Å². The zero-order valence-corrected chi connectivity index (χ0v) is 14.4. The van der Waals surface area contributed by atoms with Crippen LogP contribution in [-0.2, 0) is 23.5 Å². The van der Waals surface area contributed by atoms with Gasteiger partial charge in [0.1, 0.15) is 0 Å². The minimum atomic E-state index is 0. The Morgan fingerprint density at radius 3 is 2.12 bits per heavy atom. The number of hydrogen-bond donors (Lipinski definition) is 0. The molecule has 0 aromatic heterocycles. The van der Waals surface area contributed by atoms with Gasteiger partial charge in [0.25, 0.3) is 0 Å². The number of hydrogen-bond acceptors (Lipinski definition) is 0. The van der Waals surface area contributed by atoms with Gasteiger partial charge in [0.2, 0.25) is 0 Å². The van der Waals surface area contributed by atoms with Crippen molar-refractivity contribution in [3.63, 3.8) is 0 Å². The smallest absolute Gasteiger partial charge is 0.214 e. The Balaban J connectivity index is 0.000000245. The average molecular weight is 350 g/mol. The minimum absolute atomic E-state index is 0. The van der Waals surface area contributed by atoms with Crippen molar-refractivity contribution in [1.82, 2.24) is 0 Å². The van der Waals surface area contributed by atoms with Crippen LogP contribution in [0.25, 0.3) is 22.3 Å². The zero-order chi connectivity index (χ0) is 15.5. The Morgan fingerprint density at radius 1 is 0.708 bits per heavy atom. The summed E-state index contributed by atoms with van der Waals surface area (Å²) in [5.74, 6) is 0. The van der Waals surface area contributed by atoms with E-state index in [0.29, 0.717) is 0 Å². The van der Waals surface area contributed by atoms with Crippen LogP contribution < -0.4 is 0 Å². The third-order valence-electron chi connectivity index (χ3n) is 4.38. The fourth-order valence-electron chi connectivity index (χ4n) is 3.30. The van der Waals surface area contributed by atoms with Gasteiger partial charge in [-0.2, -0.15) is 30.3 Å². The summed E-state index contributed by atoms with van der Waals surface area (Å²) < 4.78 is 0. The molecular weight excluding hydrogens is 332 g/mol. The van der Waals surface area contributed by atoms with E-state index >= 15 is 0 Å². The van der Waals surface area contributed by atoms with Crippen molar-refractivity contribution in [3.05, 3.63) is 108 Å². The molecule has 0 amide bonds. The van der Waals surface area contributed by atoms with E-state index in [0.717, 1.165) is 6.42 Å². The first-order valence-corrected chi connectivity index (χ1v) is 8.02. The molecule has 0 radical (unpaired) electrons. The van der Waals surface area contributed by atoms with Crippen LogP contribution in [0.1, 0.15) is 11.1 Å².